The quantitative estimate of drug-likeness (QED) is 0.841. The summed E-state index contributed by atoms with van der Waals surface area (Å²) in [6, 6.07) is 0.317. The Balaban J connectivity index is 1.90. The van der Waals surface area contributed by atoms with Crippen molar-refractivity contribution < 1.29 is 8.42 Å². The molecule has 0 aromatic heterocycles. The first kappa shape index (κ1) is 15.2. The van der Waals surface area contributed by atoms with E-state index in [1.54, 1.807) is 11.4 Å². The van der Waals surface area contributed by atoms with E-state index < -0.39 is 10.2 Å². The molecule has 1 unspecified atom stereocenters. The molecule has 2 aliphatic rings. The maximum Gasteiger partial charge on any atom is 0.281 e. The smallest absolute Gasteiger partial charge is 0.281 e. The third kappa shape index (κ3) is 3.90. The Morgan fingerprint density at radius 3 is 2.47 bits per heavy atom. The number of hydrogen-bond acceptors (Lipinski definition) is 3. The lowest BCUT2D eigenvalue weighted by molar-refractivity contribution is 0.261. The predicted octanol–water partition coefficient (Wildman–Crippen LogP) is 1.04. The highest BCUT2D eigenvalue weighted by Crippen LogP contribution is 2.20. The molecule has 6 heteroatoms. The fourth-order valence-corrected chi connectivity index (χ4v) is 4.33. The van der Waals surface area contributed by atoms with Crippen LogP contribution in [-0.4, -0.2) is 56.3 Å². The molecule has 0 bridgehead atoms. The zero-order valence-corrected chi connectivity index (χ0v) is 13.0. The fraction of sp³-hybridized carbons (Fsp3) is 1.00. The van der Waals surface area contributed by atoms with Crippen molar-refractivity contribution in [1.29, 1.82) is 0 Å². The Morgan fingerprint density at radius 2 is 1.89 bits per heavy atom. The van der Waals surface area contributed by atoms with Crippen molar-refractivity contribution in [2.24, 2.45) is 5.92 Å². The van der Waals surface area contributed by atoms with Crippen LogP contribution >= 0.6 is 0 Å². The number of piperidine rings is 2. The number of likely N-dealkylation sites (N-methyl/N-ethyl adjacent to an activating group) is 1. The molecule has 0 spiro atoms. The van der Waals surface area contributed by atoms with Crippen molar-refractivity contribution in [1.82, 2.24) is 13.9 Å². The maximum atomic E-state index is 12.5. The summed E-state index contributed by atoms with van der Waals surface area (Å²) in [7, 11) is -1.55. The maximum absolute atomic E-state index is 12.5. The topological polar surface area (TPSA) is 52.7 Å². The number of nitrogens with zero attached hydrogens (tertiary/aromatic N) is 2. The van der Waals surface area contributed by atoms with E-state index in [2.05, 4.69) is 12.2 Å². The lowest BCUT2D eigenvalue weighted by atomic mass is 10.0. The third-order valence-electron chi connectivity index (χ3n) is 4.35. The monoisotopic (exact) mass is 289 g/mol. The van der Waals surface area contributed by atoms with Crippen LogP contribution in [0.15, 0.2) is 0 Å². The van der Waals surface area contributed by atoms with Gasteiger partial charge in [-0.25, -0.2) is 0 Å². The van der Waals surface area contributed by atoms with Gasteiger partial charge in [0.1, 0.15) is 0 Å². The van der Waals surface area contributed by atoms with Crippen LogP contribution in [0.4, 0.5) is 0 Å². The summed E-state index contributed by atoms with van der Waals surface area (Å²) < 4.78 is 28.2. The van der Waals surface area contributed by atoms with E-state index >= 15 is 0 Å². The first-order valence-electron chi connectivity index (χ1n) is 7.45. The van der Waals surface area contributed by atoms with Gasteiger partial charge in [-0.2, -0.15) is 17.0 Å². The standard InChI is InChI=1S/C13H27N3O2S/c1-12-6-9-16(10-7-12)19(17,18)15(2)11-13-5-3-4-8-14-13/h12-14H,3-11H2,1-2H3. The van der Waals surface area contributed by atoms with Gasteiger partial charge in [-0.15, -0.1) is 0 Å². The minimum atomic E-state index is -3.26. The van der Waals surface area contributed by atoms with Crippen LogP contribution in [-0.2, 0) is 10.2 Å². The van der Waals surface area contributed by atoms with Gasteiger partial charge in [-0.3, -0.25) is 0 Å². The summed E-state index contributed by atoms with van der Waals surface area (Å²) in [4.78, 5) is 0. The highest BCUT2D eigenvalue weighted by atomic mass is 32.2. The van der Waals surface area contributed by atoms with Crippen LogP contribution in [0, 0.1) is 5.92 Å². The predicted molar refractivity (Wildman–Crippen MR) is 77.2 cm³/mol. The van der Waals surface area contributed by atoms with E-state index in [9.17, 15) is 8.42 Å². The van der Waals surface area contributed by atoms with Gasteiger partial charge in [0.05, 0.1) is 0 Å². The van der Waals surface area contributed by atoms with E-state index in [0.717, 1.165) is 25.8 Å². The van der Waals surface area contributed by atoms with E-state index in [-0.39, 0.29) is 0 Å². The van der Waals surface area contributed by atoms with Crippen LogP contribution in [0.1, 0.15) is 39.0 Å². The Labute approximate surface area is 117 Å². The molecule has 0 aromatic carbocycles. The SMILES string of the molecule is CC1CCN(S(=O)(=O)N(C)CC2CCCCN2)CC1. The third-order valence-corrected chi connectivity index (χ3v) is 6.31. The summed E-state index contributed by atoms with van der Waals surface area (Å²) >= 11 is 0. The molecule has 112 valence electrons. The minimum Gasteiger partial charge on any atom is -0.313 e. The molecule has 2 aliphatic heterocycles. The van der Waals surface area contributed by atoms with Crippen LogP contribution in [0.25, 0.3) is 0 Å². The second-order valence-electron chi connectivity index (χ2n) is 6.02. The van der Waals surface area contributed by atoms with Crippen molar-refractivity contribution in [3.05, 3.63) is 0 Å². The molecule has 0 radical (unpaired) electrons. The number of hydrogen-bond donors (Lipinski definition) is 1. The summed E-state index contributed by atoms with van der Waals surface area (Å²) in [5.74, 6) is 0.650. The van der Waals surface area contributed by atoms with Gasteiger partial charge in [0.15, 0.2) is 0 Å². The Bertz CT molecular complexity index is 371. The first-order chi connectivity index (χ1) is 9.00. The van der Waals surface area contributed by atoms with Crippen LogP contribution in [0.2, 0.25) is 0 Å². The van der Waals surface area contributed by atoms with Crippen LogP contribution < -0.4 is 5.32 Å². The average molecular weight is 289 g/mol. The molecular formula is C13H27N3O2S. The zero-order valence-electron chi connectivity index (χ0n) is 12.1. The van der Waals surface area contributed by atoms with Crippen LogP contribution in [0.5, 0.6) is 0 Å². The molecule has 2 heterocycles. The Morgan fingerprint density at radius 1 is 1.21 bits per heavy atom. The second-order valence-corrected chi connectivity index (χ2v) is 8.05. The highest BCUT2D eigenvalue weighted by Gasteiger charge is 2.31. The van der Waals surface area contributed by atoms with Crippen molar-refractivity contribution in [2.45, 2.75) is 45.1 Å². The molecule has 5 nitrogen and oxygen atoms in total. The molecule has 1 atom stereocenters. The van der Waals surface area contributed by atoms with Gasteiger partial charge >= 0.3 is 0 Å². The first-order valence-corrected chi connectivity index (χ1v) is 8.84. The molecule has 1 N–H and O–H groups in total. The Hall–Kier alpha value is -0.170. The van der Waals surface area contributed by atoms with E-state index in [4.69, 9.17) is 0 Å². The second kappa shape index (κ2) is 6.52. The summed E-state index contributed by atoms with van der Waals surface area (Å²) in [6.07, 6.45) is 5.45. The molecule has 2 fully saturated rings. The Kier molecular flexibility index (Phi) is 5.22. The largest absolute Gasteiger partial charge is 0.313 e. The van der Waals surface area contributed by atoms with Gasteiger partial charge in [0.2, 0.25) is 0 Å². The lowest BCUT2D eigenvalue weighted by Crippen LogP contribution is -2.50. The van der Waals surface area contributed by atoms with E-state index in [0.29, 0.717) is 31.6 Å². The number of rotatable bonds is 4. The highest BCUT2D eigenvalue weighted by molar-refractivity contribution is 7.86. The van der Waals surface area contributed by atoms with Crippen molar-refractivity contribution in [3.63, 3.8) is 0 Å². The zero-order chi connectivity index (χ0) is 13.9. The normalized spacial score (nSPS) is 27.8. The molecular weight excluding hydrogens is 262 g/mol. The molecule has 19 heavy (non-hydrogen) atoms. The van der Waals surface area contributed by atoms with Crippen molar-refractivity contribution in [2.75, 3.05) is 33.2 Å². The van der Waals surface area contributed by atoms with Gasteiger partial charge in [0.25, 0.3) is 10.2 Å². The van der Waals surface area contributed by atoms with Crippen LogP contribution in [0.3, 0.4) is 0 Å². The summed E-state index contributed by atoms with van der Waals surface area (Å²) in [5, 5.41) is 3.41. The fourth-order valence-electron chi connectivity index (χ4n) is 2.90. The van der Waals surface area contributed by atoms with Crippen molar-refractivity contribution in [3.8, 4) is 0 Å². The molecule has 2 saturated heterocycles. The van der Waals surface area contributed by atoms with Crippen molar-refractivity contribution >= 4 is 10.2 Å². The lowest BCUT2D eigenvalue weighted by Gasteiger charge is -2.34. The summed E-state index contributed by atoms with van der Waals surface area (Å²) in [5.41, 5.74) is 0. The molecule has 0 saturated carbocycles. The van der Waals surface area contributed by atoms with E-state index in [1.807, 2.05) is 0 Å². The minimum absolute atomic E-state index is 0.317. The van der Waals surface area contributed by atoms with Gasteiger partial charge < -0.3 is 5.32 Å². The molecule has 0 aromatic rings. The molecule has 0 amide bonds. The van der Waals surface area contributed by atoms with Gasteiger partial charge in [-0.1, -0.05) is 13.3 Å². The van der Waals surface area contributed by atoms with E-state index in [1.165, 1.54) is 17.1 Å². The van der Waals surface area contributed by atoms with Gasteiger partial charge in [0, 0.05) is 32.7 Å². The molecule has 0 aliphatic carbocycles. The average Bonchev–Trinajstić information content (AvgIpc) is 2.40. The summed E-state index contributed by atoms with van der Waals surface area (Å²) in [6.45, 7) is 5.14. The van der Waals surface area contributed by atoms with Gasteiger partial charge in [-0.05, 0) is 38.1 Å². The number of nitrogens with one attached hydrogen (secondary N) is 1. The molecule has 2 rings (SSSR count).